The molecule has 0 N–H and O–H groups in total. The van der Waals surface area contributed by atoms with Crippen molar-refractivity contribution in [2.24, 2.45) is 5.92 Å². The Hall–Kier alpha value is 0.310. The molecule has 6 heavy (non-hydrogen) atoms. The number of hydrogen-bond acceptors (Lipinski definition) is 2. The molecule has 1 nitrogen and oxygen atoms in total. The van der Waals surface area contributed by atoms with Gasteiger partial charge in [-0.3, -0.25) is 0 Å². The van der Waals surface area contributed by atoms with Gasteiger partial charge in [0, 0.05) is 5.92 Å². The molecule has 0 spiro atoms. The van der Waals surface area contributed by atoms with Gasteiger partial charge >= 0.3 is 0 Å². The van der Waals surface area contributed by atoms with Crippen LogP contribution in [0.3, 0.4) is 0 Å². The third kappa shape index (κ3) is 0.684. The lowest BCUT2D eigenvalue weighted by atomic mass is 10.1. The van der Waals surface area contributed by atoms with Crippen LogP contribution in [0.2, 0.25) is 0 Å². The van der Waals surface area contributed by atoms with Gasteiger partial charge in [0.1, 0.15) is 0 Å². The Balaban J connectivity index is 2.01. The second kappa shape index (κ2) is 1.85. The predicted molar refractivity (Wildman–Crippen MR) is 28.2 cm³/mol. The lowest BCUT2D eigenvalue weighted by Crippen LogP contribution is -2.28. The van der Waals surface area contributed by atoms with E-state index in [0.717, 1.165) is 24.9 Å². The van der Waals surface area contributed by atoms with Crippen molar-refractivity contribution in [2.45, 2.75) is 0 Å². The van der Waals surface area contributed by atoms with Gasteiger partial charge in [-0.15, -0.1) is 0 Å². The Morgan fingerprint density at radius 3 is 2.33 bits per heavy atom. The zero-order valence-corrected chi connectivity index (χ0v) is 4.45. The molecule has 0 radical (unpaired) electrons. The normalized spacial score (nSPS) is 23.5. The standard InChI is InChI=1S/C4H8OS/c6-3-4-1-5-2-4/h4,6H,1-3H2. The minimum atomic E-state index is 0.758. The van der Waals surface area contributed by atoms with Gasteiger partial charge in [-0.05, 0) is 5.75 Å². The molecule has 0 bridgehead atoms. The van der Waals surface area contributed by atoms with Gasteiger partial charge in [-0.25, -0.2) is 0 Å². The van der Waals surface area contributed by atoms with E-state index in [0.29, 0.717) is 0 Å². The van der Waals surface area contributed by atoms with Crippen molar-refractivity contribution in [1.29, 1.82) is 0 Å². The van der Waals surface area contributed by atoms with Gasteiger partial charge in [0.05, 0.1) is 13.2 Å². The highest BCUT2D eigenvalue weighted by molar-refractivity contribution is 7.80. The monoisotopic (exact) mass is 104 g/mol. The summed E-state index contributed by atoms with van der Waals surface area (Å²) in [5.74, 6) is 1.74. The second-order valence-electron chi connectivity index (χ2n) is 1.59. The third-order valence-electron chi connectivity index (χ3n) is 0.965. The Morgan fingerprint density at radius 1 is 1.67 bits per heavy atom. The molecule has 0 atom stereocenters. The van der Waals surface area contributed by atoms with Crippen molar-refractivity contribution in [3.8, 4) is 0 Å². The fraction of sp³-hybridized carbons (Fsp3) is 1.00. The molecule has 1 saturated heterocycles. The Labute approximate surface area is 43.1 Å². The van der Waals surface area contributed by atoms with Crippen LogP contribution in [0.1, 0.15) is 0 Å². The second-order valence-corrected chi connectivity index (χ2v) is 1.95. The van der Waals surface area contributed by atoms with Crippen molar-refractivity contribution in [2.75, 3.05) is 19.0 Å². The molecule has 0 unspecified atom stereocenters. The Bertz CT molecular complexity index is 40.1. The van der Waals surface area contributed by atoms with E-state index < -0.39 is 0 Å². The molecule has 1 rings (SSSR count). The van der Waals surface area contributed by atoms with E-state index in [4.69, 9.17) is 4.74 Å². The fourth-order valence-electron chi connectivity index (χ4n) is 0.390. The molecule has 2 heteroatoms. The summed E-state index contributed by atoms with van der Waals surface area (Å²) in [6.07, 6.45) is 0. The van der Waals surface area contributed by atoms with Crippen LogP contribution in [0.15, 0.2) is 0 Å². The van der Waals surface area contributed by atoms with Crippen LogP contribution < -0.4 is 0 Å². The average molecular weight is 104 g/mol. The van der Waals surface area contributed by atoms with Crippen LogP contribution in [0, 0.1) is 5.92 Å². The molecule has 0 amide bonds. The summed E-state index contributed by atoms with van der Waals surface area (Å²) in [7, 11) is 0. The van der Waals surface area contributed by atoms with Crippen LogP contribution in [-0.4, -0.2) is 19.0 Å². The van der Waals surface area contributed by atoms with Crippen LogP contribution in [0.25, 0.3) is 0 Å². The number of rotatable bonds is 1. The Kier molecular flexibility index (Phi) is 1.37. The zero-order chi connectivity index (χ0) is 4.41. The predicted octanol–water partition coefficient (Wildman–Crippen LogP) is 0.563. The number of hydrogen-bond donors (Lipinski definition) is 1. The van der Waals surface area contributed by atoms with E-state index in [1.165, 1.54) is 0 Å². The molecule has 1 aliphatic rings. The smallest absolute Gasteiger partial charge is 0.0524 e. The van der Waals surface area contributed by atoms with E-state index in [9.17, 15) is 0 Å². The molecular weight excluding hydrogens is 96.1 g/mol. The van der Waals surface area contributed by atoms with E-state index in [1.807, 2.05) is 0 Å². The van der Waals surface area contributed by atoms with Gasteiger partial charge < -0.3 is 4.74 Å². The lowest BCUT2D eigenvalue weighted by molar-refractivity contribution is -0.0194. The quantitative estimate of drug-likeness (QED) is 0.478. The van der Waals surface area contributed by atoms with Crippen molar-refractivity contribution in [3.05, 3.63) is 0 Å². The first-order valence-electron chi connectivity index (χ1n) is 2.12. The minimum Gasteiger partial charge on any atom is -0.381 e. The molecule has 36 valence electrons. The zero-order valence-electron chi connectivity index (χ0n) is 3.55. The van der Waals surface area contributed by atoms with Gasteiger partial charge in [0.25, 0.3) is 0 Å². The van der Waals surface area contributed by atoms with E-state index in [2.05, 4.69) is 12.6 Å². The van der Waals surface area contributed by atoms with E-state index in [1.54, 1.807) is 0 Å². The summed E-state index contributed by atoms with van der Waals surface area (Å²) in [4.78, 5) is 0. The molecule has 1 fully saturated rings. The molecule has 0 aromatic rings. The first kappa shape index (κ1) is 4.47. The van der Waals surface area contributed by atoms with E-state index >= 15 is 0 Å². The highest BCUT2D eigenvalue weighted by atomic mass is 32.1. The fourth-order valence-corrected chi connectivity index (χ4v) is 0.601. The lowest BCUT2D eigenvalue weighted by Gasteiger charge is -2.23. The molecular formula is C4H8OS. The van der Waals surface area contributed by atoms with Crippen LogP contribution in [-0.2, 0) is 4.74 Å². The van der Waals surface area contributed by atoms with Crippen LogP contribution >= 0.6 is 12.6 Å². The minimum absolute atomic E-state index is 0.758. The maximum Gasteiger partial charge on any atom is 0.0524 e. The van der Waals surface area contributed by atoms with Crippen molar-refractivity contribution in [1.82, 2.24) is 0 Å². The number of ether oxygens (including phenoxy) is 1. The molecule has 0 aromatic heterocycles. The van der Waals surface area contributed by atoms with Crippen molar-refractivity contribution < 1.29 is 4.74 Å². The summed E-state index contributed by atoms with van der Waals surface area (Å²) in [6.45, 7) is 1.87. The van der Waals surface area contributed by atoms with Crippen molar-refractivity contribution >= 4 is 12.6 Å². The van der Waals surface area contributed by atoms with Crippen molar-refractivity contribution in [3.63, 3.8) is 0 Å². The largest absolute Gasteiger partial charge is 0.381 e. The first-order valence-corrected chi connectivity index (χ1v) is 2.75. The van der Waals surface area contributed by atoms with Gasteiger partial charge in [0.15, 0.2) is 0 Å². The van der Waals surface area contributed by atoms with Gasteiger partial charge in [0.2, 0.25) is 0 Å². The molecule has 1 aliphatic heterocycles. The summed E-state index contributed by atoms with van der Waals surface area (Å²) in [5, 5.41) is 0. The summed E-state index contributed by atoms with van der Waals surface area (Å²) < 4.78 is 4.88. The number of thiol groups is 1. The summed E-state index contributed by atoms with van der Waals surface area (Å²) in [6, 6.07) is 0. The highest BCUT2D eigenvalue weighted by Crippen LogP contribution is 2.09. The SMILES string of the molecule is SCC1COC1. The summed E-state index contributed by atoms with van der Waals surface area (Å²) >= 11 is 4.07. The maximum absolute atomic E-state index is 4.88. The molecule has 0 saturated carbocycles. The molecule has 0 aliphatic carbocycles. The molecule has 0 aromatic carbocycles. The summed E-state index contributed by atoms with van der Waals surface area (Å²) in [5.41, 5.74) is 0. The average Bonchev–Trinajstić information content (AvgIpc) is 1.31. The highest BCUT2D eigenvalue weighted by Gasteiger charge is 2.14. The maximum atomic E-state index is 4.88. The first-order chi connectivity index (χ1) is 2.93. The van der Waals surface area contributed by atoms with Gasteiger partial charge in [-0.2, -0.15) is 12.6 Å². The van der Waals surface area contributed by atoms with Gasteiger partial charge in [-0.1, -0.05) is 0 Å². The van der Waals surface area contributed by atoms with Crippen LogP contribution in [0.4, 0.5) is 0 Å². The Morgan fingerprint density at radius 2 is 2.33 bits per heavy atom. The van der Waals surface area contributed by atoms with Crippen LogP contribution in [0.5, 0.6) is 0 Å². The molecule has 1 heterocycles. The topological polar surface area (TPSA) is 9.23 Å². The third-order valence-corrected chi connectivity index (χ3v) is 1.48. The van der Waals surface area contributed by atoms with E-state index in [-0.39, 0.29) is 0 Å².